The second-order valence-electron chi connectivity index (χ2n) is 4.03. The summed E-state index contributed by atoms with van der Waals surface area (Å²) in [6.45, 7) is 0.132. The van der Waals surface area contributed by atoms with Crippen LogP contribution < -0.4 is 9.62 Å². The van der Waals surface area contributed by atoms with Crippen LogP contribution in [0.4, 0.5) is 14.9 Å². The molecule has 0 radical (unpaired) electrons. The number of hydrogen-bond donors (Lipinski definition) is 2. The van der Waals surface area contributed by atoms with Gasteiger partial charge in [-0.2, -0.15) is 4.39 Å². The van der Waals surface area contributed by atoms with Crippen LogP contribution in [0, 0.1) is 5.95 Å². The number of amides is 2. The number of carbonyl (C=O) groups is 1. The third-order valence-electron chi connectivity index (χ3n) is 2.59. The quantitative estimate of drug-likeness (QED) is 0.650. The molecule has 1 aromatic heterocycles. The van der Waals surface area contributed by atoms with Crippen LogP contribution in [0.2, 0.25) is 10.0 Å². The van der Waals surface area contributed by atoms with Crippen LogP contribution in [-0.2, 0) is 6.54 Å². The fraction of sp³-hybridized carbons (Fsp3) is 0.0769. The summed E-state index contributed by atoms with van der Waals surface area (Å²) in [6.07, 6.45) is 1.32. The van der Waals surface area contributed by atoms with Gasteiger partial charge < -0.3 is 5.32 Å². The molecule has 0 bridgehead atoms. The molecule has 1 heterocycles. The van der Waals surface area contributed by atoms with Crippen LogP contribution in [0.25, 0.3) is 0 Å². The summed E-state index contributed by atoms with van der Waals surface area (Å²) in [4.78, 5) is 15.4. The summed E-state index contributed by atoms with van der Waals surface area (Å²) >= 11 is 16.0. The van der Waals surface area contributed by atoms with Crippen LogP contribution in [0.15, 0.2) is 36.5 Å². The number of thiol groups is 1. The van der Waals surface area contributed by atoms with Crippen molar-refractivity contribution in [2.45, 2.75) is 6.54 Å². The van der Waals surface area contributed by atoms with E-state index in [4.69, 9.17) is 23.2 Å². The van der Waals surface area contributed by atoms with E-state index in [9.17, 15) is 9.18 Å². The van der Waals surface area contributed by atoms with Gasteiger partial charge in [0.1, 0.15) is 0 Å². The minimum absolute atomic E-state index is 0.132. The molecule has 1 aromatic carbocycles. The third-order valence-corrected chi connectivity index (χ3v) is 3.79. The molecule has 110 valence electrons. The first-order valence-electron chi connectivity index (χ1n) is 5.80. The minimum atomic E-state index is -0.609. The highest BCUT2D eigenvalue weighted by atomic mass is 35.5. The molecule has 2 aromatic rings. The fourth-order valence-corrected chi connectivity index (χ4v) is 2.25. The van der Waals surface area contributed by atoms with Crippen molar-refractivity contribution in [3.05, 3.63) is 58.1 Å². The lowest BCUT2D eigenvalue weighted by Crippen LogP contribution is -2.33. The summed E-state index contributed by atoms with van der Waals surface area (Å²) < 4.78 is 14.0. The Balaban J connectivity index is 2.04. The van der Waals surface area contributed by atoms with E-state index >= 15 is 0 Å². The van der Waals surface area contributed by atoms with Crippen LogP contribution >= 0.6 is 36.0 Å². The average Bonchev–Trinajstić information content (AvgIpc) is 2.47. The Morgan fingerprint density at radius 3 is 2.86 bits per heavy atom. The Kier molecular flexibility index (Phi) is 5.27. The SMILES string of the molecule is O=C(NCc1ccnc(F)c1)N(S)c1cccc(Cl)c1Cl. The molecule has 8 heteroatoms. The standard InChI is InChI=1S/C13H10Cl2FN3OS/c14-9-2-1-3-10(12(9)15)19(21)13(20)18-7-8-4-5-17-11(16)6-8/h1-6,21H,7H2,(H,18,20). The molecule has 2 rings (SSSR count). The first kappa shape index (κ1) is 15.9. The molecule has 4 nitrogen and oxygen atoms in total. The van der Waals surface area contributed by atoms with Gasteiger partial charge in [-0.1, -0.05) is 42.1 Å². The number of pyridine rings is 1. The molecule has 0 aliphatic rings. The second kappa shape index (κ2) is 6.98. The number of halogens is 3. The Labute approximate surface area is 136 Å². The highest BCUT2D eigenvalue weighted by Crippen LogP contribution is 2.33. The van der Waals surface area contributed by atoms with Crippen molar-refractivity contribution >= 4 is 47.7 Å². The molecule has 0 saturated carbocycles. The second-order valence-corrected chi connectivity index (χ2v) is 5.22. The van der Waals surface area contributed by atoms with E-state index in [0.29, 0.717) is 16.3 Å². The first-order chi connectivity index (χ1) is 9.99. The Hall–Kier alpha value is -1.50. The lowest BCUT2D eigenvalue weighted by molar-refractivity contribution is 0.249. The zero-order valence-electron chi connectivity index (χ0n) is 10.6. The van der Waals surface area contributed by atoms with Crippen molar-refractivity contribution in [2.24, 2.45) is 0 Å². The number of aromatic nitrogens is 1. The molecule has 21 heavy (non-hydrogen) atoms. The predicted molar refractivity (Wildman–Crippen MR) is 84.4 cm³/mol. The van der Waals surface area contributed by atoms with E-state index in [1.807, 2.05) is 0 Å². The number of carbonyl (C=O) groups excluding carboxylic acids is 1. The number of urea groups is 1. The monoisotopic (exact) mass is 345 g/mol. The van der Waals surface area contributed by atoms with Crippen LogP contribution in [0.1, 0.15) is 5.56 Å². The summed E-state index contributed by atoms with van der Waals surface area (Å²) in [5, 5.41) is 3.12. The number of benzene rings is 1. The zero-order valence-corrected chi connectivity index (χ0v) is 13.0. The number of hydrogen-bond acceptors (Lipinski definition) is 3. The van der Waals surface area contributed by atoms with Gasteiger partial charge in [0.05, 0.1) is 15.7 Å². The van der Waals surface area contributed by atoms with E-state index in [-0.39, 0.29) is 11.6 Å². The smallest absolute Gasteiger partial charge is 0.332 e. The molecule has 0 unspecified atom stereocenters. The number of nitrogens with zero attached hydrogens (tertiary/aromatic N) is 2. The lowest BCUT2D eigenvalue weighted by Gasteiger charge is -2.18. The maximum absolute atomic E-state index is 12.9. The van der Waals surface area contributed by atoms with E-state index in [1.165, 1.54) is 12.3 Å². The fourth-order valence-electron chi connectivity index (χ4n) is 1.57. The lowest BCUT2D eigenvalue weighted by atomic mass is 10.3. The van der Waals surface area contributed by atoms with Gasteiger partial charge in [0, 0.05) is 12.7 Å². The van der Waals surface area contributed by atoms with E-state index in [0.717, 1.165) is 4.31 Å². The van der Waals surface area contributed by atoms with Gasteiger partial charge in [-0.3, -0.25) is 0 Å². The third kappa shape index (κ3) is 4.00. The molecule has 0 spiro atoms. The van der Waals surface area contributed by atoms with Crippen molar-refractivity contribution in [3.8, 4) is 0 Å². The topological polar surface area (TPSA) is 45.2 Å². The molecular formula is C13H10Cl2FN3OS. The molecule has 0 saturated heterocycles. The van der Waals surface area contributed by atoms with E-state index < -0.39 is 12.0 Å². The Morgan fingerprint density at radius 2 is 2.14 bits per heavy atom. The van der Waals surface area contributed by atoms with Crippen molar-refractivity contribution in [2.75, 3.05) is 4.31 Å². The van der Waals surface area contributed by atoms with Crippen molar-refractivity contribution < 1.29 is 9.18 Å². The molecule has 0 fully saturated rings. The van der Waals surface area contributed by atoms with Crippen LogP contribution in [0.5, 0.6) is 0 Å². The highest BCUT2D eigenvalue weighted by Gasteiger charge is 2.16. The van der Waals surface area contributed by atoms with E-state index in [1.54, 1.807) is 24.3 Å². The number of anilines is 1. The van der Waals surface area contributed by atoms with Crippen molar-refractivity contribution in [1.29, 1.82) is 0 Å². The van der Waals surface area contributed by atoms with Crippen LogP contribution in [-0.4, -0.2) is 11.0 Å². The molecule has 1 N–H and O–H groups in total. The Morgan fingerprint density at radius 1 is 1.38 bits per heavy atom. The predicted octanol–water partition coefficient (Wildman–Crippen LogP) is 4.09. The maximum Gasteiger partial charge on any atom is 0.332 e. The number of rotatable bonds is 3. The minimum Gasteiger partial charge on any atom is -0.333 e. The maximum atomic E-state index is 12.9. The molecule has 0 atom stereocenters. The largest absolute Gasteiger partial charge is 0.333 e. The van der Waals surface area contributed by atoms with Gasteiger partial charge in [-0.05, 0) is 29.8 Å². The summed E-state index contributed by atoms with van der Waals surface area (Å²) in [5.74, 6) is -0.609. The van der Waals surface area contributed by atoms with Gasteiger partial charge in [-0.25, -0.2) is 14.1 Å². The molecule has 0 aliphatic heterocycles. The summed E-state index contributed by atoms with van der Waals surface area (Å²) in [5.41, 5.74) is 0.931. The van der Waals surface area contributed by atoms with Gasteiger partial charge in [0.2, 0.25) is 5.95 Å². The molecular weight excluding hydrogens is 336 g/mol. The van der Waals surface area contributed by atoms with Gasteiger partial charge in [0.25, 0.3) is 0 Å². The zero-order chi connectivity index (χ0) is 15.4. The van der Waals surface area contributed by atoms with Crippen molar-refractivity contribution in [3.63, 3.8) is 0 Å². The first-order valence-corrected chi connectivity index (χ1v) is 6.96. The summed E-state index contributed by atoms with van der Waals surface area (Å²) in [6, 6.07) is 7.17. The van der Waals surface area contributed by atoms with Gasteiger partial charge in [-0.15, -0.1) is 0 Å². The molecule has 2 amide bonds. The normalized spacial score (nSPS) is 10.3. The number of nitrogens with one attached hydrogen (secondary N) is 1. The van der Waals surface area contributed by atoms with Gasteiger partial charge >= 0.3 is 6.03 Å². The van der Waals surface area contributed by atoms with Gasteiger partial charge in [0.15, 0.2) is 0 Å². The van der Waals surface area contributed by atoms with Crippen molar-refractivity contribution in [1.82, 2.24) is 10.3 Å². The Bertz CT molecular complexity index is 672. The summed E-state index contributed by atoms with van der Waals surface area (Å²) in [7, 11) is 0. The van der Waals surface area contributed by atoms with E-state index in [2.05, 4.69) is 23.1 Å². The average molecular weight is 346 g/mol. The highest BCUT2D eigenvalue weighted by molar-refractivity contribution is 7.82. The molecule has 0 aliphatic carbocycles. The van der Waals surface area contributed by atoms with Crippen LogP contribution in [0.3, 0.4) is 0 Å².